The van der Waals surface area contributed by atoms with Crippen molar-refractivity contribution in [3.8, 4) is 0 Å². The quantitative estimate of drug-likeness (QED) is 0.811. The van der Waals surface area contributed by atoms with Gasteiger partial charge in [0.25, 0.3) is 5.91 Å². The third kappa shape index (κ3) is 2.63. The largest absolute Gasteiger partial charge is 0.327 e. The lowest BCUT2D eigenvalue weighted by molar-refractivity contribution is -0.128. The molecule has 2 saturated heterocycles. The summed E-state index contributed by atoms with van der Waals surface area (Å²) >= 11 is 1.58. The van der Waals surface area contributed by atoms with Crippen LogP contribution in [0.5, 0.6) is 0 Å². The molecular weight excluding hydrogens is 310 g/mol. The molecule has 118 valence electrons. The Hall–Kier alpha value is -2.21. The van der Waals surface area contributed by atoms with Gasteiger partial charge in [-0.25, -0.2) is 9.78 Å². The normalized spacial score (nSPS) is 20.4. The van der Waals surface area contributed by atoms with Gasteiger partial charge in [-0.05, 0) is 18.4 Å². The Balaban J connectivity index is 1.46. The molecule has 4 rings (SSSR count). The van der Waals surface area contributed by atoms with E-state index in [-0.39, 0.29) is 24.5 Å². The van der Waals surface area contributed by atoms with Crippen molar-refractivity contribution in [3.63, 3.8) is 0 Å². The second kappa shape index (κ2) is 5.77. The van der Waals surface area contributed by atoms with Crippen molar-refractivity contribution >= 4 is 23.3 Å². The Labute approximate surface area is 138 Å². The first kappa shape index (κ1) is 14.4. The zero-order chi connectivity index (χ0) is 15.8. The standard InChI is InChI=1S/C17H17N3O2S/c21-16-14-7-4-8-19(14)17(22)20(16)10-13-11-23-15(18-13)9-12-5-2-1-3-6-12/h1-3,5-6,11,14H,4,7-10H2/t14-/m1/s1. The second-order valence-corrected chi connectivity index (χ2v) is 6.90. The van der Waals surface area contributed by atoms with Crippen LogP contribution in [0.3, 0.4) is 0 Å². The highest BCUT2D eigenvalue weighted by Crippen LogP contribution is 2.28. The average Bonchev–Trinajstić information content (AvgIpc) is 3.25. The van der Waals surface area contributed by atoms with Gasteiger partial charge in [0, 0.05) is 18.3 Å². The summed E-state index contributed by atoms with van der Waals surface area (Å²) < 4.78 is 0. The first-order valence-electron chi connectivity index (χ1n) is 7.81. The minimum Gasteiger partial charge on any atom is -0.312 e. The van der Waals surface area contributed by atoms with Crippen LogP contribution in [-0.2, 0) is 17.8 Å². The average molecular weight is 327 g/mol. The molecule has 6 heteroatoms. The van der Waals surface area contributed by atoms with Crippen LogP contribution in [0.4, 0.5) is 4.79 Å². The number of imide groups is 1. The zero-order valence-corrected chi connectivity index (χ0v) is 13.5. The fourth-order valence-electron chi connectivity index (χ4n) is 3.26. The maximum Gasteiger partial charge on any atom is 0.327 e. The number of carbonyl (C=O) groups excluding carboxylic acids is 2. The maximum absolute atomic E-state index is 12.3. The molecule has 23 heavy (non-hydrogen) atoms. The van der Waals surface area contributed by atoms with Crippen LogP contribution in [0.15, 0.2) is 35.7 Å². The van der Waals surface area contributed by atoms with Gasteiger partial charge >= 0.3 is 6.03 Å². The van der Waals surface area contributed by atoms with Crippen LogP contribution in [-0.4, -0.2) is 39.3 Å². The lowest BCUT2D eigenvalue weighted by Crippen LogP contribution is -2.32. The molecule has 2 aromatic rings. The van der Waals surface area contributed by atoms with E-state index in [9.17, 15) is 9.59 Å². The van der Waals surface area contributed by atoms with Gasteiger partial charge in [0.1, 0.15) is 6.04 Å². The molecule has 0 spiro atoms. The van der Waals surface area contributed by atoms with E-state index in [4.69, 9.17) is 0 Å². The van der Waals surface area contributed by atoms with Crippen molar-refractivity contribution in [1.29, 1.82) is 0 Å². The first-order chi connectivity index (χ1) is 11.2. The van der Waals surface area contributed by atoms with E-state index in [0.29, 0.717) is 6.54 Å². The lowest BCUT2D eigenvalue weighted by Gasteiger charge is -2.14. The van der Waals surface area contributed by atoms with Crippen LogP contribution < -0.4 is 0 Å². The summed E-state index contributed by atoms with van der Waals surface area (Å²) in [5.41, 5.74) is 2.01. The topological polar surface area (TPSA) is 53.5 Å². The van der Waals surface area contributed by atoms with Crippen LogP contribution in [0, 0.1) is 0 Å². The minimum atomic E-state index is -0.232. The Morgan fingerprint density at radius 3 is 2.83 bits per heavy atom. The highest BCUT2D eigenvalue weighted by molar-refractivity contribution is 7.09. The SMILES string of the molecule is O=C1[C@H]2CCCN2C(=O)N1Cc1csc(Cc2ccccc2)n1. The van der Waals surface area contributed by atoms with Gasteiger partial charge in [-0.2, -0.15) is 0 Å². The summed E-state index contributed by atoms with van der Waals surface area (Å²) in [5, 5.41) is 2.95. The molecule has 0 radical (unpaired) electrons. The number of aromatic nitrogens is 1. The summed E-state index contributed by atoms with van der Waals surface area (Å²) in [6, 6.07) is 9.77. The maximum atomic E-state index is 12.3. The molecule has 0 N–H and O–H groups in total. The Bertz CT molecular complexity index is 721. The number of carbonyl (C=O) groups is 2. The van der Waals surface area contributed by atoms with E-state index in [1.807, 2.05) is 23.6 Å². The summed E-state index contributed by atoms with van der Waals surface area (Å²) in [5.74, 6) is -0.0647. The highest BCUT2D eigenvalue weighted by Gasteiger charge is 2.47. The molecule has 3 heterocycles. The van der Waals surface area contributed by atoms with Crippen molar-refractivity contribution < 1.29 is 9.59 Å². The van der Waals surface area contributed by atoms with Gasteiger partial charge < -0.3 is 4.90 Å². The molecule has 5 nitrogen and oxygen atoms in total. The molecule has 0 unspecified atom stereocenters. The molecule has 0 bridgehead atoms. The van der Waals surface area contributed by atoms with Crippen LogP contribution >= 0.6 is 11.3 Å². The molecule has 0 aliphatic carbocycles. The van der Waals surface area contributed by atoms with Gasteiger partial charge in [-0.3, -0.25) is 9.69 Å². The van der Waals surface area contributed by atoms with E-state index >= 15 is 0 Å². The predicted molar refractivity (Wildman–Crippen MR) is 87.0 cm³/mol. The van der Waals surface area contributed by atoms with Crippen molar-refractivity contribution in [1.82, 2.24) is 14.8 Å². The number of amides is 3. The van der Waals surface area contributed by atoms with Gasteiger partial charge in [0.05, 0.1) is 17.2 Å². The van der Waals surface area contributed by atoms with Gasteiger partial charge in [-0.1, -0.05) is 30.3 Å². The Kier molecular flexibility index (Phi) is 3.61. The molecule has 3 amide bonds. The number of urea groups is 1. The van der Waals surface area contributed by atoms with Crippen molar-refractivity contribution in [2.75, 3.05) is 6.54 Å². The molecule has 2 aliphatic heterocycles. The van der Waals surface area contributed by atoms with Crippen LogP contribution in [0.25, 0.3) is 0 Å². The van der Waals surface area contributed by atoms with Crippen LogP contribution in [0.2, 0.25) is 0 Å². The second-order valence-electron chi connectivity index (χ2n) is 5.95. The number of rotatable bonds is 4. The monoisotopic (exact) mass is 327 g/mol. The van der Waals surface area contributed by atoms with Crippen molar-refractivity contribution in [3.05, 3.63) is 52.0 Å². The number of benzene rings is 1. The van der Waals surface area contributed by atoms with Crippen LogP contribution in [0.1, 0.15) is 29.1 Å². The van der Waals surface area contributed by atoms with Gasteiger partial charge in [0.2, 0.25) is 0 Å². The van der Waals surface area contributed by atoms with Crippen molar-refractivity contribution in [2.45, 2.75) is 31.8 Å². The van der Waals surface area contributed by atoms with E-state index in [1.54, 1.807) is 16.2 Å². The number of hydrogen-bond donors (Lipinski definition) is 0. The van der Waals surface area contributed by atoms with Gasteiger partial charge in [0.15, 0.2) is 0 Å². The van der Waals surface area contributed by atoms with Gasteiger partial charge in [-0.15, -0.1) is 11.3 Å². The molecule has 2 aliphatic rings. The lowest BCUT2D eigenvalue weighted by atomic mass is 10.2. The summed E-state index contributed by atoms with van der Waals surface area (Å²) in [7, 11) is 0. The number of thiazole rings is 1. The molecule has 1 atom stereocenters. The fraction of sp³-hybridized carbons (Fsp3) is 0.353. The summed E-state index contributed by atoms with van der Waals surface area (Å²) in [4.78, 5) is 32.3. The molecular formula is C17H17N3O2S. The number of hydrogen-bond acceptors (Lipinski definition) is 4. The van der Waals surface area contributed by atoms with E-state index in [1.165, 1.54) is 10.5 Å². The first-order valence-corrected chi connectivity index (χ1v) is 8.69. The molecule has 1 aromatic carbocycles. The Morgan fingerprint density at radius 2 is 2.04 bits per heavy atom. The smallest absolute Gasteiger partial charge is 0.312 e. The number of nitrogens with zero attached hydrogens (tertiary/aromatic N) is 3. The zero-order valence-electron chi connectivity index (χ0n) is 12.6. The third-order valence-electron chi connectivity index (χ3n) is 4.40. The Morgan fingerprint density at radius 1 is 1.22 bits per heavy atom. The summed E-state index contributed by atoms with van der Waals surface area (Å²) in [6.07, 6.45) is 2.49. The van der Waals surface area contributed by atoms with E-state index in [0.717, 1.165) is 30.0 Å². The molecule has 2 fully saturated rings. The van der Waals surface area contributed by atoms with E-state index in [2.05, 4.69) is 17.1 Å². The minimum absolute atomic E-state index is 0.0647. The summed E-state index contributed by atoms with van der Waals surface area (Å²) in [6.45, 7) is 0.984. The molecule has 1 aromatic heterocycles. The fourth-order valence-corrected chi connectivity index (χ4v) is 4.08. The molecule has 0 saturated carbocycles. The van der Waals surface area contributed by atoms with Crippen molar-refractivity contribution in [2.24, 2.45) is 0 Å². The third-order valence-corrected chi connectivity index (χ3v) is 5.30. The van der Waals surface area contributed by atoms with E-state index < -0.39 is 0 Å². The predicted octanol–water partition coefficient (Wildman–Crippen LogP) is 2.66. The number of fused-ring (bicyclic) bond motifs is 1. The highest BCUT2D eigenvalue weighted by atomic mass is 32.1.